The summed E-state index contributed by atoms with van der Waals surface area (Å²) in [6.45, 7) is 11.0. The van der Waals surface area contributed by atoms with Crippen LogP contribution >= 0.6 is 19.2 Å². The number of rotatable bonds is 7. The van der Waals surface area contributed by atoms with Gasteiger partial charge < -0.3 is 18.2 Å². The van der Waals surface area contributed by atoms with Gasteiger partial charge in [0.15, 0.2) is 16.6 Å². The van der Waals surface area contributed by atoms with Crippen LogP contribution in [-0.2, 0) is 27.2 Å². The molecule has 0 bridgehead atoms. The lowest BCUT2D eigenvalue weighted by atomic mass is 9.97. The molecular weight excluding hydrogens is 415 g/mol. The summed E-state index contributed by atoms with van der Waals surface area (Å²) in [6.07, 6.45) is 3.03. The molecule has 29 heavy (non-hydrogen) atoms. The first kappa shape index (κ1) is 21.9. The Kier molecular flexibility index (Phi) is 6.15. The van der Waals surface area contributed by atoms with Gasteiger partial charge >= 0.3 is 7.60 Å². The number of nitrogens with zero attached hydrogens (tertiary/aromatic N) is 6. The van der Waals surface area contributed by atoms with Crippen LogP contribution in [0.3, 0.4) is 0 Å². The van der Waals surface area contributed by atoms with Crippen molar-refractivity contribution in [3.63, 3.8) is 0 Å². The maximum atomic E-state index is 13.2. The molecule has 3 aromatic heterocycles. The molecule has 0 unspecified atom stereocenters. The fourth-order valence-electron chi connectivity index (χ4n) is 3.08. The van der Waals surface area contributed by atoms with Crippen molar-refractivity contribution in [3.05, 3.63) is 17.7 Å². The third kappa shape index (κ3) is 4.23. The molecule has 9 nitrogen and oxygen atoms in total. The maximum Gasteiger partial charge on any atom is 0.396 e. The normalized spacial score (nSPS) is 12.8. The van der Waals surface area contributed by atoms with Gasteiger partial charge in [0.05, 0.1) is 19.4 Å². The minimum atomic E-state index is -3.55. The molecule has 0 aromatic carbocycles. The molecule has 0 radical (unpaired) electrons. The zero-order valence-electron chi connectivity index (χ0n) is 17.5. The van der Waals surface area contributed by atoms with E-state index in [1.54, 1.807) is 31.7 Å². The minimum absolute atomic E-state index is 0.0484. The van der Waals surface area contributed by atoms with Gasteiger partial charge in [-0.05, 0) is 19.3 Å². The number of hydrogen-bond acceptors (Lipinski definition) is 7. The van der Waals surface area contributed by atoms with Crippen molar-refractivity contribution in [2.75, 3.05) is 13.2 Å². The highest BCUT2D eigenvalue weighted by atomic mass is 35.5. The first-order valence-corrected chi connectivity index (χ1v) is 11.3. The van der Waals surface area contributed by atoms with Gasteiger partial charge in [0.2, 0.25) is 5.57 Å². The van der Waals surface area contributed by atoms with E-state index in [2.05, 4.69) is 40.7 Å². The molecule has 0 saturated carbocycles. The second-order valence-corrected chi connectivity index (χ2v) is 10.0. The van der Waals surface area contributed by atoms with E-state index in [1.807, 2.05) is 4.57 Å². The topological polar surface area (TPSA) is 97.0 Å². The van der Waals surface area contributed by atoms with E-state index in [4.69, 9.17) is 20.6 Å². The Morgan fingerprint density at radius 1 is 1.14 bits per heavy atom. The van der Waals surface area contributed by atoms with Gasteiger partial charge in [-0.1, -0.05) is 32.4 Å². The molecule has 3 heterocycles. The van der Waals surface area contributed by atoms with E-state index in [-0.39, 0.29) is 29.3 Å². The molecule has 3 rings (SSSR count). The van der Waals surface area contributed by atoms with Gasteiger partial charge in [0.25, 0.3) is 0 Å². The lowest BCUT2D eigenvalue weighted by molar-refractivity contribution is 0.228. The summed E-state index contributed by atoms with van der Waals surface area (Å²) < 4.78 is 27.8. The molecule has 0 aliphatic heterocycles. The Balaban J connectivity index is 2.22. The summed E-state index contributed by atoms with van der Waals surface area (Å²) in [6, 6.07) is 0. The molecule has 0 saturated heterocycles. The lowest BCUT2D eigenvalue weighted by Crippen LogP contribution is -2.22. The molecule has 0 amide bonds. The van der Waals surface area contributed by atoms with Crippen LogP contribution in [0.4, 0.5) is 0 Å². The highest BCUT2D eigenvalue weighted by Gasteiger charge is 2.34. The first-order valence-electron chi connectivity index (χ1n) is 9.39. The van der Waals surface area contributed by atoms with E-state index >= 15 is 0 Å². The SMILES string of the molecule is CCOP(=O)(OCC)c1ncc(-c2nc3c(Cl)ncnc3n2CC(C)(C)C)n1C. The predicted octanol–water partition coefficient (Wildman–Crippen LogP) is 3.82. The van der Waals surface area contributed by atoms with Gasteiger partial charge in [-0.3, -0.25) is 4.57 Å². The summed E-state index contributed by atoms with van der Waals surface area (Å²) in [4.78, 5) is 17.5. The summed E-state index contributed by atoms with van der Waals surface area (Å²) in [7, 11) is -1.79. The number of imidazole rings is 2. The van der Waals surface area contributed by atoms with Crippen LogP contribution in [0, 0.1) is 5.41 Å². The van der Waals surface area contributed by atoms with E-state index in [1.165, 1.54) is 6.33 Å². The number of fused-ring (bicyclic) bond motifs is 1. The Morgan fingerprint density at radius 3 is 2.38 bits per heavy atom. The third-order valence-electron chi connectivity index (χ3n) is 4.16. The Hall–Kier alpha value is -1.80. The van der Waals surface area contributed by atoms with E-state index in [0.717, 1.165) is 0 Å². The molecule has 0 spiro atoms. The van der Waals surface area contributed by atoms with Crippen LogP contribution in [0.15, 0.2) is 12.5 Å². The molecular formula is C18H26ClN6O3P. The van der Waals surface area contributed by atoms with Crippen LogP contribution in [0.1, 0.15) is 34.6 Å². The van der Waals surface area contributed by atoms with E-state index < -0.39 is 7.60 Å². The number of halogens is 1. The Labute approximate surface area is 175 Å². The zero-order chi connectivity index (χ0) is 21.4. The first-order chi connectivity index (χ1) is 13.6. The second kappa shape index (κ2) is 8.14. The van der Waals surface area contributed by atoms with Gasteiger partial charge in [-0.15, -0.1) is 0 Å². The summed E-state index contributed by atoms with van der Waals surface area (Å²) in [5, 5.41) is 0.278. The van der Waals surface area contributed by atoms with Crippen molar-refractivity contribution in [3.8, 4) is 11.5 Å². The smallest absolute Gasteiger partial charge is 0.318 e. The lowest BCUT2D eigenvalue weighted by Gasteiger charge is -2.21. The van der Waals surface area contributed by atoms with Crippen LogP contribution < -0.4 is 5.57 Å². The van der Waals surface area contributed by atoms with Crippen LogP contribution in [-0.4, -0.2) is 42.3 Å². The molecule has 3 aromatic rings. The summed E-state index contributed by atoms with van der Waals surface area (Å²) in [5.41, 5.74) is 1.97. The van der Waals surface area contributed by atoms with Crippen molar-refractivity contribution in [1.82, 2.24) is 29.1 Å². The van der Waals surface area contributed by atoms with Gasteiger partial charge in [-0.2, -0.15) is 0 Å². The maximum absolute atomic E-state index is 13.2. The molecule has 0 N–H and O–H groups in total. The van der Waals surface area contributed by atoms with Crippen LogP contribution in [0.2, 0.25) is 5.15 Å². The second-order valence-electron chi connectivity index (χ2n) is 7.75. The Morgan fingerprint density at radius 2 is 1.79 bits per heavy atom. The van der Waals surface area contributed by atoms with Crippen molar-refractivity contribution < 1.29 is 13.6 Å². The van der Waals surface area contributed by atoms with Crippen molar-refractivity contribution >= 4 is 35.9 Å². The van der Waals surface area contributed by atoms with Crippen molar-refractivity contribution in [2.24, 2.45) is 12.5 Å². The number of aromatic nitrogens is 6. The average molecular weight is 441 g/mol. The molecule has 0 fully saturated rings. The van der Waals surface area contributed by atoms with Gasteiger partial charge in [-0.25, -0.2) is 19.9 Å². The van der Waals surface area contributed by atoms with E-state index in [0.29, 0.717) is 29.2 Å². The molecule has 158 valence electrons. The van der Waals surface area contributed by atoms with Gasteiger partial charge in [0.1, 0.15) is 17.5 Å². The molecule has 0 atom stereocenters. The van der Waals surface area contributed by atoms with Crippen molar-refractivity contribution in [2.45, 2.75) is 41.2 Å². The highest BCUT2D eigenvalue weighted by Crippen LogP contribution is 2.46. The fraction of sp³-hybridized carbons (Fsp3) is 0.556. The average Bonchev–Trinajstić information content (AvgIpc) is 3.16. The number of hydrogen-bond donors (Lipinski definition) is 0. The van der Waals surface area contributed by atoms with Crippen LogP contribution in [0.25, 0.3) is 22.7 Å². The monoisotopic (exact) mass is 440 g/mol. The molecule has 0 aliphatic rings. The predicted molar refractivity (Wildman–Crippen MR) is 112 cm³/mol. The minimum Gasteiger partial charge on any atom is -0.318 e. The van der Waals surface area contributed by atoms with Crippen LogP contribution in [0.5, 0.6) is 0 Å². The highest BCUT2D eigenvalue weighted by molar-refractivity contribution is 7.61. The van der Waals surface area contributed by atoms with E-state index in [9.17, 15) is 4.57 Å². The fourth-order valence-corrected chi connectivity index (χ4v) is 4.91. The zero-order valence-corrected chi connectivity index (χ0v) is 19.2. The summed E-state index contributed by atoms with van der Waals surface area (Å²) in [5.74, 6) is 0.609. The molecule has 11 heteroatoms. The van der Waals surface area contributed by atoms with Crippen molar-refractivity contribution in [1.29, 1.82) is 0 Å². The largest absolute Gasteiger partial charge is 0.396 e. The van der Waals surface area contributed by atoms with Gasteiger partial charge in [0, 0.05) is 13.6 Å². The third-order valence-corrected chi connectivity index (χ3v) is 6.53. The summed E-state index contributed by atoms with van der Waals surface area (Å²) >= 11 is 6.27. The Bertz CT molecular complexity index is 1060. The molecule has 0 aliphatic carbocycles. The quantitative estimate of drug-likeness (QED) is 0.407. The standard InChI is InChI=1S/C18H26ClN6O3P/c1-7-27-29(26,28-8-2)17-20-9-12(24(17)6)15-23-13-14(19)21-11-22-16(13)25(15)10-18(3,4)5/h9,11H,7-8,10H2,1-6H3.